The Labute approximate surface area is 237 Å². The highest BCUT2D eigenvalue weighted by atomic mass is 19.4. The van der Waals surface area contributed by atoms with Gasteiger partial charge in [-0.1, -0.05) is 12.1 Å². The first kappa shape index (κ1) is 28.6. The van der Waals surface area contributed by atoms with Crippen molar-refractivity contribution in [3.63, 3.8) is 0 Å². The number of nitro benzene ring substituents is 1. The Hall–Kier alpha value is -4.89. The molecule has 1 aromatic carbocycles. The Balaban J connectivity index is 1.19. The van der Waals surface area contributed by atoms with Crippen LogP contribution in [0.2, 0.25) is 0 Å². The molecule has 3 aromatic rings. The van der Waals surface area contributed by atoms with Gasteiger partial charge in [-0.3, -0.25) is 14.9 Å². The summed E-state index contributed by atoms with van der Waals surface area (Å²) in [4.78, 5) is 49.0. The van der Waals surface area contributed by atoms with Gasteiger partial charge in [0.15, 0.2) is 5.69 Å². The number of carbonyl (C=O) groups is 2. The number of rotatable bonds is 6. The first-order valence-electron chi connectivity index (χ1n) is 13.2. The van der Waals surface area contributed by atoms with Crippen LogP contribution >= 0.6 is 0 Å². The van der Waals surface area contributed by atoms with Crippen LogP contribution < -0.4 is 20.4 Å². The molecule has 16 heteroatoms. The number of para-hydroxylation sites is 2. The highest BCUT2D eigenvalue weighted by molar-refractivity contribution is 6.03. The van der Waals surface area contributed by atoms with Gasteiger partial charge < -0.3 is 29.8 Å². The fourth-order valence-corrected chi connectivity index (χ4v) is 4.78. The van der Waals surface area contributed by atoms with Crippen molar-refractivity contribution in [2.75, 3.05) is 59.7 Å². The van der Waals surface area contributed by atoms with Gasteiger partial charge in [0.2, 0.25) is 5.76 Å². The molecule has 13 nitrogen and oxygen atoms in total. The van der Waals surface area contributed by atoms with Gasteiger partial charge in [-0.2, -0.15) is 18.2 Å². The minimum absolute atomic E-state index is 0.102. The molecule has 4 heterocycles. The van der Waals surface area contributed by atoms with Crippen LogP contribution in [-0.2, 0) is 6.18 Å². The van der Waals surface area contributed by atoms with Crippen LogP contribution in [0.15, 0.2) is 47.0 Å². The Morgan fingerprint density at radius 1 is 0.929 bits per heavy atom. The molecule has 2 aromatic heterocycles. The predicted octanol–water partition coefficient (Wildman–Crippen LogP) is 4.59. The van der Waals surface area contributed by atoms with Gasteiger partial charge in [0.1, 0.15) is 11.5 Å². The second-order valence-electron chi connectivity index (χ2n) is 9.76. The zero-order valence-corrected chi connectivity index (χ0v) is 22.3. The number of urea groups is 1. The number of anilines is 4. The van der Waals surface area contributed by atoms with Crippen molar-refractivity contribution in [3.05, 3.63) is 64.2 Å². The van der Waals surface area contributed by atoms with E-state index in [0.29, 0.717) is 45.1 Å². The van der Waals surface area contributed by atoms with Crippen LogP contribution in [0.3, 0.4) is 0 Å². The van der Waals surface area contributed by atoms with Crippen molar-refractivity contribution in [2.45, 2.75) is 25.4 Å². The summed E-state index contributed by atoms with van der Waals surface area (Å²) in [5.41, 5.74) is -1.32. The lowest BCUT2D eigenvalue weighted by molar-refractivity contribution is -0.383. The van der Waals surface area contributed by atoms with Gasteiger partial charge in [-0.15, -0.1) is 0 Å². The first-order chi connectivity index (χ1) is 20.1. The number of halogens is 3. The number of piperidine rings is 1. The molecule has 2 aliphatic rings. The second kappa shape index (κ2) is 11.9. The lowest BCUT2D eigenvalue weighted by atomic mass is 10.1. The normalized spacial score (nSPS) is 15.8. The average molecular weight is 589 g/mol. The number of nitrogens with one attached hydrogen (secondary N) is 2. The van der Waals surface area contributed by atoms with E-state index in [-0.39, 0.29) is 23.1 Å². The fraction of sp³-hybridized carbons (Fsp3) is 0.385. The molecule has 0 bridgehead atoms. The van der Waals surface area contributed by atoms with E-state index < -0.39 is 34.5 Å². The summed E-state index contributed by atoms with van der Waals surface area (Å²) in [5, 5.41) is 16.2. The summed E-state index contributed by atoms with van der Waals surface area (Å²) in [5.74, 6) is -1.47. The van der Waals surface area contributed by atoms with E-state index in [9.17, 15) is 32.9 Å². The van der Waals surface area contributed by atoms with Gasteiger partial charge >= 0.3 is 12.2 Å². The Kier molecular flexibility index (Phi) is 8.13. The summed E-state index contributed by atoms with van der Waals surface area (Å²) in [6.45, 7) is 2.46. The number of carbonyl (C=O) groups excluding carboxylic acids is 2. The highest BCUT2D eigenvalue weighted by Crippen LogP contribution is 2.35. The van der Waals surface area contributed by atoms with Crippen LogP contribution in [-0.4, -0.2) is 71.0 Å². The standard InChI is InChI=1S/C26H27F3N8O5/c27-26(28,29)22-21(42-25(33-22)36-10-4-1-5-11-36)23(38)31-17-8-9-20(30-16-17)34-12-14-35(15-13-34)24(39)32-18-6-2-3-7-19(18)37(40)41/h2-3,6-9,16H,1,4-5,10-15H2,(H,31,38)(H,32,39). The molecule has 42 heavy (non-hydrogen) atoms. The smallest absolute Gasteiger partial charge is 0.417 e. The molecule has 2 saturated heterocycles. The number of aromatic nitrogens is 2. The number of oxazole rings is 1. The summed E-state index contributed by atoms with van der Waals surface area (Å²) < 4.78 is 46.2. The third-order valence-corrected chi connectivity index (χ3v) is 6.96. The predicted molar refractivity (Wildman–Crippen MR) is 146 cm³/mol. The van der Waals surface area contributed by atoms with Gasteiger partial charge in [0.05, 0.1) is 16.8 Å². The number of amides is 3. The maximum absolute atomic E-state index is 13.6. The molecule has 3 amide bonds. The molecule has 0 aliphatic carbocycles. The van der Waals surface area contributed by atoms with Crippen molar-refractivity contribution < 1.29 is 32.1 Å². The molecule has 0 unspecified atom stereocenters. The van der Waals surface area contributed by atoms with E-state index in [4.69, 9.17) is 4.42 Å². The van der Waals surface area contributed by atoms with Crippen molar-refractivity contribution in [1.29, 1.82) is 0 Å². The van der Waals surface area contributed by atoms with Gasteiger partial charge in [0, 0.05) is 45.3 Å². The maximum atomic E-state index is 13.6. The van der Waals surface area contributed by atoms with E-state index >= 15 is 0 Å². The molecule has 0 radical (unpaired) electrons. The highest BCUT2D eigenvalue weighted by Gasteiger charge is 2.42. The minimum Gasteiger partial charge on any atom is -0.417 e. The number of alkyl halides is 3. The molecular weight excluding hydrogens is 561 g/mol. The van der Waals surface area contributed by atoms with Crippen molar-refractivity contribution >= 4 is 40.8 Å². The molecular formula is C26H27F3N8O5. The fourth-order valence-electron chi connectivity index (χ4n) is 4.78. The number of nitro groups is 1. The Morgan fingerprint density at radius 3 is 2.29 bits per heavy atom. The molecule has 0 atom stereocenters. The van der Waals surface area contributed by atoms with E-state index in [1.807, 2.05) is 4.90 Å². The number of piperazine rings is 1. The number of pyridine rings is 1. The Morgan fingerprint density at radius 2 is 1.64 bits per heavy atom. The molecule has 222 valence electrons. The third kappa shape index (κ3) is 6.37. The summed E-state index contributed by atoms with van der Waals surface area (Å²) in [6, 6.07) is 8.27. The van der Waals surface area contributed by atoms with Crippen LogP contribution in [0, 0.1) is 10.1 Å². The third-order valence-electron chi connectivity index (χ3n) is 6.96. The molecule has 2 fully saturated rings. The number of benzene rings is 1. The lowest BCUT2D eigenvalue weighted by Gasteiger charge is -2.35. The molecule has 0 spiro atoms. The van der Waals surface area contributed by atoms with Crippen LogP contribution in [0.25, 0.3) is 0 Å². The quantitative estimate of drug-likeness (QED) is 0.311. The molecule has 5 rings (SSSR count). The summed E-state index contributed by atoms with van der Waals surface area (Å²) in [6.07, 6.45) is -1.00. The zero-order valence-electron chi connectivity index (χ0n) is 22.3. The van der Waals surface area contributed by atoms with Gasteiger partial charge in [0.25, 0.3) is 17.6 Å². The van der Waals surface area contributed by atoms with Crippen molar-refractivity contribution in [1.82, 2.24) is 14.9 Å². The van der Waals surface area contributed by atoms with Gasteiger partial charge in [-0.25, -0.2) is 9.78 Å². The maximum Gasteiger partial charge on any atom is 0.437 e. The molecule has 0 saturated carbocycles. The first-order valence-corrected chi connectivity index (χ1v) is 13.2. The number of hydrogen-bond donors (Lipinski definition) is 2. The molecule has 2 aliphatic heterocycles. The number of hydrogen-bond acceptors (Lipinski definition) is 9. The SMILES string of the molecule is O=C(Nc1ccc(N2CCN(C(=O)Nc3ccccc3[N+](=O)[O-])CC2)nc1)c1oc(N2CCCCC2)nc1C(F)(F)F. The lowest BCUT2D eigenvalue weighted by Crippen LogP contribution is -2.50. The molecule has 2 N–H and O–H groups in total. The summed E-state index contributed by atoms with van der Waals surface area (Å²) >= 11 is 0. The van der Waals surface area contributed by atoms with Crippen molar-refractivity contribution in [3.8, 4) is 0 Å². The van der Waals surface area contributed by atoms with Crippen LogP contribution in [0.4, 0.5) is 46.9 Å². The van der Waals surface area contributed by atoms with E-state index in [1.54, 1.807) is 17.0 Å². The topological polar surface area (TPSA) is 150 Å². The second-order valence-corrected chi connectivity index (χ2v) is 9.76. The summed E-state index contributed by atoms with van der Waals surface area (Å²) in [7, 11) is 0. The van der Waals surface area contributed by atoms with Crippen molar-refractivity contribution in [2.24, 2.45) is 0 Å². The largest absolute Gasteiger partial charge is 0.437 e. The average Bonchev–Trinajstić information content (AvgIpc) is 3.45. The van der Waals surface area contributed by atoms with E-state index in [2.05, 4.69) is 20.6 Å². The number of nitrogens with zero attached hydrogens (tertiary/aromatic N) is 6. The van der Waals surface area contributed by atoms with E-state index in [1.165, 1.54) is 35.4 Å². The van der Waals surface area contributed by atoms with E-state index in [0.717, 1.165) is 19.3 Å². The Bertz CT molecular complexity index is 1450. The van der Waals surface area contributed by atoms with Crippen LogP contribution in [0.5, 0.6) is 0 Å². The van der Waals surface area contributed by atoms with Gasteiger partial charge in [-0.05, 0) is 37.5 Å². The zero-order chi connectivity index (χ0) is 29.9. The minimum atomic E-state index is -4.87. The monoisotopic (exact) mass is 588 g/mol. The van der Waals surface area contributed by atoms with Crippen LogP contribution in [0.1, 0.15) is 35.5 Å².